The van der Waals surface area contributed by atoms with Gasteiger partial charge in [-0.05, 0) is 41.2 Å². The van der Waals surface area contributed by atoms with Gasteiger partial charge >= 0.3 is 0 Å². The van der Waals surface area contributed by atoms with Gasteiger partial charge in [-0.25, -0.2) is 0 Å². The number of aliphatic hydroxyl groups excluding tert-OH is 1. The fourth-order valence-corrected chi connectivity index (χ4v) is 5.02. The van der Waals surface area contributed by atoms with E-state index in [0.29, 0.717) is 12.3 Å². The maximum Gasteiger partial charge on any atom is 0.117 e. The largest absolute Gasteiger partial charge is 0.390 e. The van der Waals surface area contributed by atoms with Crippen molar-refractivity contribution in [3.05, 3.63) is 71.8 Å². The van der Waals surface area contributed by atoms with Crippen molar-refractivity contribution in [2.24, 2.45) is 17.3 Å². The predicted molar refractivity (Wildman–Crippen MR) is 102 cm³/mol. The minimum Gasteiger partial charge on any atom is -0.390 e. The van der Waals surface area contributed by atoms with Crippen molar-refractivity contribution >= 4 is 0 Å². The molecule has 3 aliphatic carbocycles. The molecule has 0 amide bonds. The number of ether oxygens (including phenoxy) is 1. The Bertz CT molecular complexity index is 703. The highest BCUT2D eigenvalue weighted by Gasteiger charge is 2.64. The second-order valence-corrected chi connectivity index (χ2v) is 8.56. The SMILES string of the molecule is CC1(C)[C@@H]2C[C@@H](O)[C@](O)(COC(c3ccccc3)c3ccccc3)[C@H]1C2. The molecule has 2 aromatic carbocycles. The van der Waals surface area contributed by atoms with Crippen LogP contribution in [0.1, 0.15) is 43.9 Å². The van der Waals surface area contributed by atoms with Crippen molar-refractivity contribution in [2.45, 2.75) is 44.5 Å². The third-order valence-electron chi connectivity index (χ3n) is 6.84. The Hall–Kier alpha value is -1.68. The molecule has 2 aromatic rings. The lowest BCUT2D eigenvalue weighted by Crippen LogP contribution is -2.69. The molecule has 26 heavy (non-hydrogen) atoms. The Morgan fingerprint density at radius 2 is 1.50 bits per heavy atom. The minimum absolute atomic E-state index is 0.0618. The summed E-state index contributed by atoms with van der Waals surface area (Å²) in [4.78, 5) is 0. The molecule has 138 valence electrons. The fourth-order valence-electron chi connectivity index (χ4n) is 5.02. The van der Waals surface area contributed by atoms with E-state index in [-0.39, 0.29) is 24.0 Å². The van der Waals surface area contributed by atoms with E-state index in [0.717, 1.165) is 17.5 Å². The first-order valence-corrected chi connectivity index (χ1v) is 9.55. The van der Waals surface area contributed by atoms with Crippen LogP contribution in [-0.4, -0.2) is 28.5 Å². The topological polar surface area (TPSA) is 49.7 Å². The molecule has 0 unspecified atom stereocenters. The Morgan fingerprint density at radius 3 is 2.00 bits per heavy atom. The van der Waals surface area contributed by atoms with Crippen LogP contribution in [0.5, 0.6) is 0 Å². The maximum absolute atomic E-state index is 11.3. The molecular formula is C23H28O3. The average Bonchev–Trinajstić information content (AvgIpc) is 2.65. The first kappa shape index (κ1) is 17.7. The van der Waals surface area contributed by atoms with E-state index in [1.54, 1.807) is 0 Å². The van der Waals surface area contributed by atoms with Gasteiger partial charge in [0.1, 0.15) is 11.7 Å². The molecule has 3 fully saturated rings. The zero-order valence-electron chi connectivity index (χ0n) is 15.5. The zero-order chi connectivity index (χ0) is 18.4. The van der Waals surface area contributed by atoms with E-state index < -0.39 is 11.7 Å². The molecule has 0 aromatic heterocycles. The normalized spacial score (nSPS) is 32.3. The molecule has 0 aliphatic heterocycles. The highest BCUT2D eigenvalue weighted by Crippen LogP contribution is 2.62. The number of aliphatic hydroxyl groups is 2. The van der Waals surface area contributed by atoms with Crippen LogP contribution in [0.4, 0.5) is 0 Å². The Kier molecular flexibility index (Phi) is 4.42. The van der Waals surface area contributed by atoms with Crippen molar-refractivity contribution in [3.63, 3.8) is 0 Å². The van der Waals surface area contributed by atoms with E-state index >= 15 is 0 Å². The lowest BCUT2D eigenvalue weighted by atomic mass is 9.43. The number of fused-ring (bicyclic) bond motifs is 2. The van der Waals surface area contributed by atoms with Crippen LogP contribution < -0.4 is 0 Å². The first-order valence-electron chi connectivity index (χ1n) is 9.55. The Morgan fingerprint density at radius 1 is 0.962 bits per heavy atom. The van der Waals surface area contributed by atoms with Gasteiger partial charge in [-0.3, -0.25) is 0 Å². The van der Waals surface area contributed by atoms with Crippen LogP contribution in [-0.2, 0) is 4.74 Å². The van der Waals surface area contributed by atoms with Crippen LogP contribution in [0.15, 0.2) is 60.7 Å². The number of hydrogen-bond acceptors (Lipinski definition) is 3. The molecule has 5 rings (SSSR count). The smallest absolute Gasteiger partial charge is 0.117 e. The molecular weight excluding hydrogens is 324 g/mol. The number of hydrogen-bond donors (Lipinski definition) is 2. The lowest BCUT2D eigenvalue weighted by Gasteiger charge is -2.64. The van der Waals surface area contributed by atoms with Gasteiger partial charge in [0, 0.05) is 0 Å². The summed E-state index contributed by atoms with van der Waals surface area (Å²) in [5.41, 5.74) is 0.989. The summed E-state index contributed by atoms with van der Waals surface area (Å²) in [5, 5.41) is 21.9. The van der Waals surface area contributed by atoms with Crippen molar-refractivity contribution in [1.82, 2.24) is 0 Å². The second kappa shape index (κ2) is 6.49. The minimum atomic E-state index is -1.18. The lowest BCUT2D eigenvalue weighted by molar-refractivity contribution is -0.272. The van der Waals surface area contributed by atoms with Crippen LogP contribution >= 0.6 is 0 Å². The summed E-state index contributed by atoms with van der Waals surface area (Å²) in [5.74, 6) is 0.581. The summed E-state index contributed by atoms with van der Waals surface area (Å²) in [7, 11) is 0. The molecule has 0 heterocycles. The molecule has 4 atom stereocenters. The molecule has 3 nitrogen and oxygen atoms in total. The van der Waals surface area contributed by atoms with Crippen LogP contribution in [0.25, 0.3) is 0 Å². The van der Waals surface area contributed by atoms with E-state index in [4.69, 9.17) is 4.74 Å². The van der Waals surface area contributed by atoms with Gasteiger partial charge in [0.15, 0.2) is 0 Å². The average molecular weight is 352 g/mol. The number of rotatable bonds is 5. The van der Waals surface area contributed by atoms with Gasteiger partial charge in [0.2, 0.25) is 0 Å². The molecule has 3 saturated carbocycles. The van der Waals surface area contributed by atoms with Crippen molar-refractivity contribution in [1.29, 1.82) is 0 Å². The fraction of sp³-hybridized carbons (Fsp3) is 0.478. The van der Waals surface area contributed by atoms with E-state index in [9.17, 15) is 10.2 Å². The third-order valence-corrected chi connectivity index (χ3v) is 6.84. The molecule has 0 radical (unpaired) electrons. The molecule has 0 spiro atoms. The maximum atomic E-state index is 11.3. The molecule has 2 N–H and O–H groups in total. The molecule has 0 saturated heterocycles. The molecule has 3 heteroatoms. The van der Waals surface area contributed by atoms with Gasteiger partial charge in [-0.2, -0.15) is 0 Å². The predicted octanol–water partition coefficient (Wildman–Crippen LogP) is 3.95. The zero-order valence-corrected chi connectivity index (χ0v) is 15.5. The second-order valence-electron chi connectivity index (χ2n) is 8.56. The van der Waals surface area contributed by atoms with E-state index in [1.807, 2.05) is 60.7 Å². The van der Waals surface area contributed by atoms with Crippen molar-refractivity contribution in [2.75, 3.05) is 6.61 Å². The Labute approximate surface area is 155 Å². The Balaban J connectivity index is 1.59. The van der Waals surface area contributed by atoms with Gasteiger partial charge in [-0.1, -0.05) is 74.5 Å². The van der Waals surface area contributed by atoms with Crippen LogP contribution in [0, 0.1) is 17.3 Å². The molecule has 3 aliphatic rings. The highest BCUT2D eigenvalue weighted by molar-refractivity contribution is 5.30. The van der Waals surface area contributed by atoms with Gasteiger partial charge in [-0.15, -0.1) is 0 Å². The van der Waals surface area contributed by atoms with Crippen molar-refractivity contribution in [3.8, 4) is 0 Å². The van der Waals surface area contributed by atoms with Gasteiger partial charge in [0.05, 0.1) is 12.7 Å². The van der Waals surface area contributed by atoms with Gasteiger partial charge < -0.3 is 14.9 Å². The summed E-state index contributed by atoms with van der Waals surface area (Å²) in [6.45, 7) is 4.55. The quantitative estimate of drug-likeness (QED) is 0.857. The van der Waals surface area contributed by atoms with Crippen LogP contribution in [0.3, 0.4) is 0 Å². The van der Waals surface area contributed by atoms with E-state index in [1.165, 1.54) is 0 Å². The van der Waals surface area contributed by atoms with E-state index in [2.05, 4.69) is 13.8 Å². The van der Waals surface area contributed by atoms with Gasteiger partial charge in [0.25, 0.3) is 0 Å². The summed E-state index contributed by atoms with van der Waals surface area (Å²) in [6, 6.07) is 20.1. The first-order chi connectivity index (χ1) is 12.4. The third kappa shape index (κ3) is 2.79. The standard InChI is InChI=1S/C23H28O3/c1-22(2)18-13-19(22)23(25,20(24)14-18)15-26-21(16-9-5-3-6-10-16)17-11-7-4-8-12-17/h3-12,18-21,24-25H,13-15H2,1-2H3/t18-,19-,20+,23-/m0/s1. The highest BCUT2D eigenvalue weighted by atomic mass is 16.5. The van der Waals surface area contributed by atoms with Crippen molar-refractivity contribution < 1.29 is 14.9 Å². The summed E-state index contributed by atoms with van der Waals surface area (Å²) >= 11 is 0. The molecule has 2 bridgehead atoms. The summed E-state index contributed by atoms with van der Waals surface area (Å²) < 4.78 is 6.31. The number of benzene rings is 2. The summed E-state index contributed by atoms with van der Waals surface area (Å²) in [6.07, 6.45) is 0.664. The monoisotopic (exact) mass is 352 g/mol. The van der Waals surface area contributed by atoms with Crippen LogP contribution in [0.2, 0.25) is 0 Å².